The fourth-order valence-electron chi connectivity index (χ4n) is 2.19. The standard InChI is InChI=1S/C14H21N3O2/c1-2-16-13-10-15-7-6-12(13)14(18)17-9-11-5-3-4-8-19-11/h6-7,10-11,16H,2-5,8-9H2,1H3,(H,17,18). The van der Waals surface area contributed by atoms with Crippen molar-refractivity contribution in [3.05, 3.63) is 24.0 Å². The zero-order valence-electron chi connectivity index (χ0n) is 11.3. The van der Waals surface area contributed by atoms with Crippen molar-refractivity contribution in [3.8, 4) is 0 Å². The Morgan fingerprint density at radius 3 is 3.16 bits per heavy atom. The lowest BCUT2D eigenvalue weighted by atomic mass is 10.1. The molecule has 1 aromatic heterocycles. The van der Waals surface area contributed by atoms with Gasteiger partial charge in [-0.1, -0.05) is 0 Å². The predicted molar refractivity (Wildman–Crippen MR) is 74.3 cm³/mol. The van der Waals surface area contributed by atoms with Gasteiger partial charge < -0.3 is 15.4 Å². The molecule has 2 N–H and O–H groups in total. The van der Waals surface area contributed by atoms with Crippen LogP contribution >= 0.6 is 0 Å². The second-order valence-electron chi connectivity index (χ2n) is 4.65. The molecule has 1 aliphatic rings. The van der Waals surface area contributed by atoms with Crippen LogP contribution < -0.4 is 10.6 Å². The fourth-order valence-corrected chi connectivity index (χ4v) is 2.19. The van der Waals surface area contributed by atoms with Gasteiger partial charge in [0.2, 0.25) is 0 Å². The SMILES string of the molecule is CCNc1cnccc1C(=O)NCC1CCCCO1. The summed E-state index contributed by atoms with van der Waals surface area (Å²) in [7, 11) is 0. The van der Waals surface area contributed by atoms with Crippen LogP contribution in [0.15, 0.2) is 18.5 Å². The van der Waals surface area contributed by atoms with E-state index in [2.05, 4.69) is 15.6 Å². The molecule has 1 aliphatic heterocycles. The minimum atomic E-state index is -0.0764. The van der Waals surface area contributed by atoms with Crippen molar-refractivity contribution < 1.29 is 9.53 Å². The molecule has 104 valence electrons. The summed E-state index contributed by atoms with van der Waals surface area (Å²) in [6.45, 7) is 4.13. The molecular formula is C14H21N3O2. The second-order valence-corrected chi connectivity index (χ2v) is 4.65. The Labute approximate surface area is 113 Å². The van der Waals surface area contributed by atoms with Gasteiger partial charge >= 0.3 is 0 Å². The Hall–Kier alpha value is -1.62. The maximum Gasteiger partial charge on any atom is 0.253 e. The van der Waals surface area contributed by atoms with Crippen molar-refractivity contribution in [2.75, 3.05) is 25.0 Å². The van der Waals surface area contributed by atoms with Crippen LogP contribution in [0.2, 0.25) is 0 Å². The summed E-state index contributed by atoms with van der Waals surface area (Å²) in [5, 5.41) is 6.08. The number of nitrogens with zero attached hydrogens (tertiary/aromatic N) is 1. The van der Waals surface area contributed by atoms with Crippen LogP contribution in [-0.4, -0.2) is 36.7 Å². The molecule has 1 unspecified atom stereocenters. The zero-order valence-corrected chi connectivity index (χ0v) is 11.3. The molecule has 0 spiro atoms. The van der Waals surface area contributed by atoms with Crippen LogP contribution in [0.3, 0.4) is 0 Å². The van der Waals surface area contributed by atoms with Gasteiger partial charge in [-0.05, 0) is 32.3 Å². The normalized spacial score (nSPS) is 18.9. The number of aromatic nitrogens is 1. The summed E-state index contributed by atoms with van der Waals surface area (Å²) in [6, 6.07) is 1.73. The van der Waals surface area contributed by atoms with Gasteiger partial charge in [-0.15, -0.1) is 0 Å². The van der Waals surface area contributed by atoms with E-state index in [1.807, 2.05) is 6.92 Å². The minimum absolute atomic E-state index is 0.0764. The fraction of sp³-hybridized carbons (Fsp3) is 0.571. The smallest absolute Gasteiger partial charge is 0.253 e. The van der Waals surface area contributed by atoms with Crippen LogP contribution in [-0.2, 0) is 4.74 Å². The first-order valence-electron chi connectivity index (χ1n) is 6.89. The summed E-state index contributed by atoms with van der Waals surface area (Å²) < 4.78 is 5.60. The monoisotopic (exact) mass is 263 g/mol. The first kappa shape index (κ1) is 13.8. The van der Waals surface area contributed by atoms with Gasteiger partial charge in [-0.3, -0.25) is 9.78 Å². The van der Waals surface area contributed by atoms with Crippen LogP contribution in [0, 0.1) is 0 Å². The van der Waals surface area contributed by atoms with Gasteiger partial charge in [0.1, 0.15) is 0 Å². The molecule has 0 bridgehead atoms. The average molecular weight is 263 g/mol. The van der Waals surface area contributed by atoms with Crippen molar-refractivity contribution in [3.63, 3.8) is 0 Å². The quantitative estimate of drug-likeness (QED) is 0.850. The van der Waals surface area contributed by atoms with Crippen molar-refractivity contribution in [1.29, 1.82) is 0 Å². The van der Waals surface area contributed by atoms with Crippen molar-refractivity contribution in [2.45, 2.75) is 32.3 Å². The molecule has 5 heteroatoms. The third-order valence-electron chi connectivity index (χ3n) is 3.20. The second kappa shape index (κ2) is 7.09. The van der Waals surface area contributed by atoms with Crippen LogP contribution in [0.25, 0.3) is 0 Å². The number of carbonyl (C=O) groups is 1. The minimum Gasteiger partial charge on any atom is -0.383 e. The molecule has 0 radical (unpaired) electrons. The number of carbonyl (C=O) groups excluding carboxylic acids is 1. The van der Waals surface area contributed by atoms with Gasteiger partial charge in [0.25, 0.3) is 5.91 Å². The molecule has 1 aromatic rings. The van der Waals surface area contributed by atoms with E-state index in [4.69, 9.17) is 4.74 Å². The van der Waals surface area contributed by atoms with E-state index in [9.17, 15) is 4.79 Å². The van der Waals surface area contributed by atoms with Gasteiger partial charge in [-0.25, -0.2) is 0 Å². The Balaban J connectivity index is 1.91. The van der Waals surface area contributed by atoms with Gasteiger partial charge in [0.15, 0.2) is 0 Å². The molecule has 0 aliphatic carbocycles. The lowest BCUT2D eigenvalue weighted by Gasteiger charge is -2.22. The molecule has 2 rings (SSSR count). The van der Waals surface area contributed by atoms with Gasteiger partial charge in [0.05, 0.1) is 23.6 Å². The van der Waals surface area contributed by atoms with Crippen LogP contribution in [0.5, 0.6) is 0 Å². The Morgan fingerprint density at radius 1 is 1.53 bits per heavy atom. The number of hydrogen-bond donors (Lipinski definition) is 2. The molecule has 19 heavy (non-hydrogen) atoms. The number of rotatable bonds is 5. The highest BCUT2D eigenvalue weighted by atomic mass is 16.5. The summed E-state index contributed by atoms with van der Waals surface area (Å²) in [6.07, 6.45) is 6.79. The van der Waals surface area contributed by atoms with Crippen molar-refractivity contribution in [2.24, 2.45) is 0 Å². The number of pyridine rings is 1. The largest absolute Gasteiger partial charge is 0.383 e. The highest BCUT2D eigenvalue weighted by Gasteiger charge is 2.16. The Kier molecular flexibility index (Phi) is 5.15. The summed E-state index contributed by atoms with van der Waals surface area (Å²) in [5.74, 6) is -0.0764. The molecular weight excluding hydrogens is 242 g/mol. The van der Waals surface area contributed by atoms with E-state index in [0.29, 0.717) is 12.1 Å². The maximum atomic E-state index is 12.1. The van der Waals surface area contributed by atoms with E-state index < -0.39 is 0 Å². The van der Waals surface area contributed by atoms with E-state index >= 15 is 0 Å². The van der Waals surface area contributed by atoms with Crippen LogP contribution in [0.4, 0.5) is 5.69 Å². The lowest BCUT2D eigenvalue weighted by molar-refractivity contribution is 0.0169. The Morgan fingerprint density at radius 2 is 2.42 bits per heavy atom. The van der Waals surface area contributed by atoms with Gasteiger partial charge in [-0.2, -0.15) is 0 Å². The highest BCUT2D eigenvalue weighted by molar-refractivity contribution is 5.99. The summed E-state index contributed by atoms with van der Waals surface area (Å²) in [4.78, 5) is 16.2. The topological polar surface area (TPSA) is 63.2 Å². The van der Waals surface area contributed by atoms with Crippen molar-refractivity contribution >= 4 is 11.6 Å². The van der Waals surface area contributed by atoms with Crippen LogP contribution in [0.1, 0.15) is 36.5 Å². The lowest BCUT2D eigenvalue weighted by Crippen LogP contribution is -2.35. The maximum absolute atomic E-state index is 12.1. The number of hydrogen-bond acceptors (Lipinski definition) is 4. The summed E-state index contributed by atoms with van der Waals surface area (Å²) in [5.41, 5.74) is 1.40. The van der Waals surface area contributed by atoms with E-state index in [1.165, 1.54) is 6.42 Å². The molecule has 1 atom stereocenters. The molecule has 2 heterocycles. The molecule has 5 nitrogen and oxygen atoms in total. The van der Waals surface area contributed by atoms with Gasteiger partial charge in [0, 0.05) is 25.9 Å². The molecule has 0 saturated carbocycles. The molecule has 0 aromatic carbocycles. The third-order valence-corrected chi connectivity index (χ3v) is 3.20. The number of anilines is 1. The number of ether oxygens (including phenoxy) is 1. The highest BCUT2D eigenvalue weighted by Crippen LogP contribution is 2.14. The first-order chi connectivity index (χ1) is 9.31. The zero-order chi connectivity index (χ0) is 13.5. The average Bonchev–Trinajstić information content (AvgIpc) is 2.47. The number of amides is 1. The van der Waals surface area contributed by atoms with E-state index in [1.54, 1.807) is 18.5 Å². The Bertz CT molecular complexity index is 417. The van der Waals surface area contributed by atoms with E-state index in [-0.39, 0.29) is 12.0 Å². The van der Waals surface area contributed by atoms with Crippen molar-refractivity contribution in [1.82, 2.24) is 10.3 Å². The molecule has 1 amide bonds. The molecule has 1 saturated heterocycles. The first-order valence-corrected chi connectivity index (χ1v) is 6.89. The third kappa shape index (κ3) is 3.92. The number of nitrogens with one attached hydrogen (secondary N) is 2. The van der Waals surface area contributed by atoms with E-state index in [0.717, 1.165) is 31.7 Å². The predicted octanol–water partition coefficient (Wildman–Crippen LogP) is 1.81. The summed E-state index contributed by atoms with van der Waals surface area (Å²) >= 11 is 0. The molecule has 1 fully saturated rings.